The Morgan fingerprint density at radius 1 is 0.293 bits per heavy atom. The number of aromatic nitrogens is 3. The molecule has 5 aliphatic rings. The van der Waals surface area contributed by atoms with E-state index in [1.165, 1.54) is 99.5 Å². The minimum Gasteiger partial charge on any atom is -0.381 e. The lowest BCUT2D eigenvalue weighted by Gasteiger charge is -2.31. The standard InChI is InChI=1S/C88H54N4/c1-3-19-62-53(17-1)45-47-89-82(62)55-33-35-57(36-34-55)84-73-50-61(59-41-43-70-68-25-9-15-31-78(68)87(80(70)51-59)74-27-11-5-21-64(74)65-22-6-12-28-75(65)87)49-72(85(73)92-86(91-84)58-39-37-56(38-40-58)83-63-20-4-2-18-54(63)46-48-90-83)60-42-44-71-69-26-10-16-32-79(69)88(81(71)52-60)76-29-13-7-23-66(76)67-24-8-14-30-77(67)88/h1-46,48-52,89H,47H2. The Bertz CT molecular complexity index is 5700. The SMILES string of the molecule is C1=c2ccccc2=C(c2ccc(-c3nc(-c4ccc(-c5nccc6ccccc56)cc4)nc4c(-c5ccc6c(c5)C5(c7ccccc7-c7ccccc75)c5ccccc5-6)cc(-c5ccc6c(c5)C5(c7ccccc7-c7ccccc75)c5ccccc5-6)cc34)cc2)NC1. The lowest BCUT2D eigenvalue weighted by molar-refractivity contribution is 0.794. The number of nitrogens with zero attached hydrogens (tertiary/aromatic N) is 3. The van der Waals surface area contributed by atoms with E-state index in [2.05, 4.69) is 309 Å². The quantitative estimate of drug-likeness (QED) is 0.180. The highest BCUT2D eigenvalue weighted by Gasteiger charge is 2.53. The summed E-state index contributed by atoms with van der Waals surface area (Å²) in [6, 6.07) is 111. The maximum Gasteiger partial charge on any atom is 0.160 e. The van der Waals surface area contributed by atoms with Crippen LogP contribution in [0.25, 0.3) is 134 Å². The maximum absolute atomic E-state index is 5.85. The van der Waals surface area contributed by atoms with Crippen molar-refractivity contribution in [1.82, 2.24) is 20.3 Å². The van der Waals surface area contributed by atoms with Gasteiger partial charge in [0.25, 0.3) is 0 Å². The number of rotatable bonds is 6. The van der Waals surface area contributed by atoms with Crippen molar-refractivity contribution < 1.29 is 0 Å². The van der Waals surface area contributed by atoms with Gasteiger partial charge in [0.2, 0.25) is 0 Å². The third-order valence-electron chi connectivity index (χ3n) is 20.8. The van der Waals surface area contributed by atoms with E-state index in [9.17, 15) is 0 Å². The van der Waals surface area contributed by atoms with Gasteiger partial charge in [-0.2, -0.15) is 0 Å². The summed E-state index contributed by atoms with van der Waals surface area (Å²) in [5.41, 5.74) is 31.9. The molecule has 0 atom stereocenters. The second kappa shape index (κ2) is 19.3. The fourth-order valence-electron chi connectivity index (χ4n) is 16.9. The van der Waals surface area contributed by atoms with Gasteiger partial charge in [0.1, 0.15) is 0 Å². The highest BCUT2D eigenvalue weighted by Crippen LogP contribution is 2.65. The number of pyridine rings is 1. The minimum atomic E-state index is -0.544. The molecule has 15 aromatic rings. The lowest BCUT2D eigenvalue weighted by Crippen LogP contribution is -2.37. The van der Waals surface area contributed by atoms with Crippen molar-refractivity contribution in [2.24, 2.45) is 0 Å². The zero-order valence-corrected chi connectivity index (χ0v) is 50.0. The van der Waals surface area contributed by atoms with Gasteiger partial charge in [-0.25, -0.2) is 9.97 Å². The van der Waals surface area contributed by atoms with Crippen LogP contribution in [0.5, 0.6) is 0 Å². The maximum atomic E-state index is 5.85. The summed E-state index contributed by atoms with van der Waals surface area (Å²) in [5, 5.41) is 9.41. The molecule has 0 saturated carbocycles. The molecule has 3 heterocycles. The van der Waals surface area contributed by atoms with E-state index in [0.29, 0.717) is 5.82 Å². The Balaban J connectivity index is 0.861. The molecule has 4 nitrogen and oxygen atoms in total. The average Bonchev–Trinajstić information content (AvgIpc) is 1.52. The number of benzene rings is 13. The van der Waals surface area contributed by atoms with Gasteiger partial charge in [0.15, 0.2) is 5.82 Å². The summed E-state index contributed by atoms with van der Waals surface area (Å²) in [5.74, 6) is 0.648. The lowest BCUT2D eigenvalue weighted by atomic mass is 9.70. The molecular weight excluding hydrogens is 1110 g/mol. The molecule has 0 saturated heterocycles. The molecule has 92 heavy (non-hydrogen) atoms. The molecule has 20 rings (SSSR count). The third-order valence-corrected chi connectivity index (χ3v) is 20.8. The molecule has 426 valence electrons. The first-order chi connectivity index (χ1) is 45.6. The summed E-state index contributed by atoms with van der Waals surface area (Å²) in [4.78, 5) is 16.6. The van der Waals surface area contributed by atoms with E-state index in [1.54, 1.807) is 0 Å². The van der Waals surface area contributed by atoms with Gasteiger partial charge in [-0.15, -0.1) is 0 Å². The van der Waals surface area contributed by atoms with Crippen LogP contribution in [0.4, 0.5) is 0 Å². The topological polar surface area (TPSA) is 50.7 Å². The molecule has 0 radical (unpaired) electrons. The summed E-state index contributed by atoms with van der Waals surface area (Å²) < 4.78 is 0. The van der Waals surface area contributed by atoms with Crippen LogP contribution in [0.2, 0.25) is 0 Å². The van der Waals surface area contributed by atoms with Crippen molar-refractivity contribution in [3.05, 3.63) is 364 Å². The largest absolute Gasteiger partial charge is 0.381 e. The molecule has 13 aromatic carbocycles. The van der Waals surface area contributed by atoms with E-state index in [4.69, 9.17) is 15.0 Å². The van der Waals surface area contributed by atoms with Crippen LogP contribution in [0, 0.1) is 0 Å². The minimum absolute atomic E-state index is 0.514. The Kier molecular flexibility index (Phi) is 10.7. The van der Waals surface area contributed by atoms with Gasteiger partial charge in [-0.05, 0) is 152 Å². The van der Waals surface area contributed by atoms with Crippen molar-refractivity contribution in [3.8, 4) is 101 Å². The van der Waals surface area contributed by atoms with Gasteiger partial charge in [0, 0.05) is 56.7 Å². The van der Waals surface area contributed by atoms with E-state index in [0.717, 1.165) is 89.8 Å². The van der Waals surface area contributed by atoms with Crippen LogP contribution in [0.1, 0.15) is 50.1 Å². The van der Waals surface area contributed by atoms with Crippen LogP contribution >= 0.6 is 0 Å². The highest BCUT2D eigenvalue weighted by molar-refractivity contribution is 6.07. The van der Waals surface area contributed by atoms with E-state index in [1.807, 2.05) is 6.20 Å². The normalized spacial score (nSPS) is 14.2. The first-order valence-electron chi connectivity index (χ1n) is 31.9. The molecule has 1 N–H and O–H groups in total. The van der Waals surface area contributed by atoms with Crippen LogP contribution < -0.4 is 15.8 Å². The van der Waals surface area contributed by atoms with Gasteiger partial charge in [0.05, 0.1) is 27.7 Å². The summed E-state index contributed by atoms with van der Waals surface area (Å²) in [7, 11) is 0. The number of hydrogen-bond donors (Lipinski definition) is 1. The van der Waals surface area contributed by atoms with Gasteiger partial charge in [-0.3, -0.25) is 4.98 Å². The zero-order chi connectivity index (χ0) is 60.2. The first kappa shape index (κ1) is 51.1. The van der Waals surface area contributed by atoms with Crippen molar-refractivity contribution >= 4 is 33.4 Å². The molecule has 2 spiro atoms. The second-order valence-corrected chi connectivity index (χ2v) is 25.2. The van der Waals surface area contributed by atoms with Gasteiger partial charge >= 0.3 is 0 Å². The molecule has 4 heteroatoms. The monoisotopic (exact) mass is 1170 g/mol. The molecule has 1 aliphatic heterocycles. The Hall–Kier alpha value is -11.9. The Morgan fingerprint density at radius 3 is 1.32 bits per heavy atom. The van der Waals surface area contributed by atoms with Crippen molar-refractivity contribution in [1.29, 1.82) is 0 Å². The summed E-state index contributed by atoms with van der Waals surface area (Å²) >= 11 is 0. The van der Waals surface area contributed by atoms with E-state index in [-0.39, 0.29) is 0 Å². The number of nitrogens with one attached hydrogen (secondary N) is 1. The predicted molar refractivity (Wildman–Crippen MR) is 375 cm³/mol. The van der Waals surface area contributed by atoms with Gasteiger partial charge in [-0.1, -0.05) is 273 Å². The Labute approximate surface area is 532 Å². The fraction of sp³-hybridized carbons (Fsp3) is 0.0341. The number of hydrogen-bond acceptors (Lipinski definition) is 4. The molecule has 0 fully saturated rings. The van der Waals surface area contributed by atoms with Crippen LogP contribution in [0.3, 0.4) is 0 Å². The first-order valence-corrected chi connectivity index (χ1v) is 31.9. The highest BCUT2D eigenvalue weighted by atomic mass is 14.9. The number of fused-ring (bicyclic) bond motifs is 23. The van der Waals surface area contributed by atoms with Crippen LogP contribution in [0.15, 0.2) is 303 Å². The van der Waals surface area contributed by atoms with Crippen LogP contribution in [-0.2, 0) is 10.8 Å². The van der Waals surface area contributed by atoms with Crippen molar-refractivity contribution in [2.45, 2.75) is 10.8 Å². The molecule has 0 amide bonds. The second-order valence-electron chi connectivity index (χ2n) is 25.2. The van der Waals surface area contributed by atoms with Gasteiger partial charge < -0.3 is 5.32 Å². The molecule has 4 aliphatic carbocycles. The molecular formula is C88H54N4. The summed E-state index contributed by atoms with van der Waals surface area (Å²) in [6.45, 7) is 0.763. The zero-order valence-electron chi connectivity index (χ0n) is 50.0. The van der Waals surface area contributed by atoms with Crippen molar-refractivity contribution in [2.75, 3.05) is 6.54 Å². The molecule has 2 aromatic heterocycles. The smallest absolute Gasteiger partial charge is 0.160 e. The Morgan fingerprint density at radius 2 is 0.739 bits per heavy atom. The van der Waals surface area contributed by atoms with E-state index >= 15 is 0 Å². The predicted octanol–water partition coefficient (Wildman–Crippen LogP) is 18.7. The van der Waals surface area contributed by atoms with Crippen molar-refractivity contribution in [3.63, 3.8) is 0 Å². The third kappa shape index (κ3) is 6.98. The fourth-order valence-corrected chi connectivity index (χ4v) is 16.9. The summed E-state index contributed by atoms with van der Waals surface area (Å²) in [6.07, 6.45) is 4.17. The van der Waals surface area contributed by atoms with Crippen LogP contribution in [-0.4, -0.2) is 21.5 Å². The molecule has 0 unspecified atom stereocenters. The van der Waals surface area contributed by atoms with E-state index < -0.39 is 10.8 Å². The molecule has 0 bridgehead atoms. The average molecular weight is 1170 g/mol.